The third-order valence-corrected chi connectivity index (χ3v) is 3.07. The third-order valence-electron chi connectivity index (χ3n) is 3.07. The van der Waals surface area contributed by atoms with Crippen LogP contribution >= 0.6 is 0 Å². The Morgan fingerprint density at radius 1 is 1.54 bits per heavy atom. The van der Waals surface area contributed by atoms with Gasteiger partial charge in [0, 0.05) is 11.5 Å². The van der Waals surface area contributed by atoms with E-state index in [1.54, 1.807) is 0 Å². The first-order chi connectivity index (χ1) is 6.25. The quantitative estimate of drug-likeness (QED) is 0.524. The van der Waals surface area contributed by atoms with Crippen molar-refractivity contribution in [3.8, 4) is 0 Å². The summed E-state index contributed by atoms with van der Waals surface area (Å²) in [5, 5.41) is 8.54. The van der Waals surface area contributed by atoms with Gasteiger partial charge in [-0.25, -0.2) is 0 Å². The molecule has 0 bridgehead atoms. The predicted molar refractivity (Wildman–Crippen MR) is 52.6 cm³/mol. The molecule has 13 heavy (non-hydrogen) atoms. The Balaban J connectivity index is 2.53. The standard InChI is InChI=1S/C11H18O2/c1-2-3-6-11(7-4-8-11)10(13)5-9-12/h5,9,12H,2-4,6-8H2,1H3/b9-5+. The van der Waals surface area contributed by atoms with Crippen LogP contribution in [0.4, 0.5) is 0 Å². The van der Waals surface area contributed by atoms with Gasteiger partial charge in [-0.1, -0.05) is 26.2 Å². The molecule has 1 rings (SSSR count). The second kappa shape index (κ2) is 4.45. The highest BCUT2D eigenvalue weighted by molar-refractivity contribution is 5.95. The highest BCUT2D eigenvalue weighted by Crippen LogP contribution is 2.46. The Morgan fingerprint density at radius 2 is 2.23 bits per heavy atom. The number of unbranched alkanes of at least 4 members (excludes halogenated alkanes) is 1. The van der Waals surface area contributed by atoms with Gasteiger partial charge in [-0.3, -0.25) is 4.79 Å². The summed E-state index contributed by atoms with van der Waals surface area (Å²) >= 11 is 0. The second-order valence-electron chi connectivity index (χ2n) is 3.92. The normalized spacial score (nSPS) is 20.1. The van der Waals surface area contributed by atoms with E-state index in [2.05, 4.69) is 6.92 Å². The molecule has 1 N–H and O–H groups in total. The molecule has 0 aliphatic heterocycles. The van der Waals surface area contributed by atoms with E-state index in [0.29, 0.717) is 0 Å². The van der Waals surface area contributed by atoms with Crippen LogP contribution in [0.15, 0.2) is 12.3 Å². The summed E-state index contributed by atoms with van der Waals surface area (Å²) in [5.74, 6) is 0.120. The van der Waals surface area contributed by atoms with E-state index >= 15 is 0 Å². The van der Waals surface area contributed by atoms with E-state index in [1.807, 2.05) is 0 Å². The molecule has 1 aliphatic carbocycles. The summed E-state index contributed by atoms with van der Waals surface area (Å²) in [4.78, 5) is 11.6. The van der Waals surface area contributed by atoms with E-state index in [9.17, 15) is 4.79 Å². The first-order valence-corrected chi connectivity index (χ1v) is 5.10. The first kappa shape index (κ1) is 10.3. The van der Waals surface area contributed by atoms with E-state index < -0.39 is 0 Å². The molecule has 0 saturated heterocycles. The van der Waals surface area contributed by atoms with Gasteiger partial charge in [-0.05, 0) is 19.3 Å². The second-order valence-corrected chi connectivity index (χ2v) is 3.92. The minimum Gasteiger partial charge on any atom is -0.515 e. The minimum atomic E-state index is -0.102. The molecule has 1 aliphatic rings. The van der Waals surface area contributed by atoms with Crippen LogP contribution in [-0.2, 0) is 4.79 Å². The van der Waals surface area contributed by atoms with Crippen LogP contribution in [0.5, 0.6) is 0 Å². The van der Waals surface area contributed by atoms with E-state index in [-0.39, 0.29) is 11.2 Å². The molecule has 0 heterocycles. The van der Waals surface area contributed by atoms with Gasteiger partial charge in [-0.15, -0.1) is 0 Å². The van der Waals surface area contributed by atoms with Crippen molar-refractivity contribution < 1.29 is 9.90 Å². The van der Waals surface area contributed by atoms with E-state index in [4.69, 9.17) is 5.11 Å². The van der Waals surface area contributed by atoms with Gasteiger partial charge in [-0.2, -0.15) is 0 Å². The molecule has 74 valence electrons. The number of carbonyl (C=O) groups is 1. The summed E-state index contributed by atoms with van der Waals surface area (Å²) in [6.07, 6.45) is 8.61. The topological polar surface area (TPSA) is 37.3 Å². The number of ketones is 1. The zero-order valence-electron chi connectivity index (χ0n) is 8.25. The first-order valence-electron chi connectivity index (χ1n) is 5.10. The fraction of sp³-hybridized carbons (Fsp3) is 0.727. The zero-order valence-corrected chi connectivity index (χ0v) is 8.25. The number of aliphatic hydroxyl groups is 1. The maximum atomic E-state index is 11.6. The molecule has 0 radical (unpaired) electrons. The lowest BCUT2D eigenvalue weighted by molar-refractivity contribution is -0.129. The summed E-state index contributed by atoms with van der Waals surface area (Å²) < 4.78 is 0. The molecule has 0 aromatic heterocycles. The van der Waals surface area contributed by atoms with Crippen LogP contribution in [0, 0.1) is 5.41 Å². The van der Waals surface area contributed by atoms with Gasteiger partial charge in [0.1, 0.15) is 0 Å². The number of rotatable bonds is 5. The number of aliphatic hydroxyl groups excluding tert-OH is 1. The maximum absolute atomic E-state index is 11.6. The average Bonchev–Trinajstić information content (AvgIpc) is 2.03. The molecule has 0 aromatic rings. The van der Waals surface area contributed by atoms with Gasteiger partial charge in [0.05, 0.1) is 6.26 Å². The van der Waals surface area contributed by atoms with Crippen LogP contribution in [0.3, 0.4) is 0 Å². The lowest BCUT2D eigenvalue weighted by Crippen LogP contribution is -2.36. The van der Waals surface area contributed by atoms with E-state index in [1.165, 1.54) is 6.08 Å². The largest absolute Gasteiger partial charge is 0.515 e. The average molecular weight is 182 g/mol. The molecule has 0 unspecified atom stereocenters. The molecule has 2 nitrogen and oxygen atoms in total. The summed E-state index contributed by atoms with van der Waals surface area (Å²) in [5.41, 5.74) is -0.102. The number of allylic oxidation sites excluding steroid dienone is 1. The fourth-order valence-corrected chi connectivity index (χ4v) is 1.98. The van der Waals surface area contributed by atoms with Gasteiger partial charge in [0.2, 0.25) is 0 Å². The van der Waals surface area contributed by atoms with Crippen molar-refractivity contribution in [3.63, 3.8) is 0 Å². The Hall–Kier alpha value is -0.790. The van der Waals surface area contributed by atoms with Crippen molar-refractivity contribution in [1.82, 2.24) is 0 Å². The fourth-order valence-electron chi connectivity index (χ4n) is 1.98. The number of hydrogen-bond donors (Lipinski definition) is 1. The van der Waals surface area contributed by atoms with E-state index in [0.717, 1.165) is 44.8 Å². The molecular formula is C11H18O2. The molecule has 0 aromatic carbocycles. The molecule has 0 spiro atoms. The molecule has 0 atom stereocenters. The highest BCUT2D eigenvalue weighted by atomic mass is 16.2. The zero-order chi connectivity index (χ0) is 9.73. The third kappa shape index (κ3) is 2.11. The van der Waals surface area contributed by atoms with Gasteiger partial charge >= 0.3 is 0 Å². The Bertz CT molecular complexity index is 202. The molecule has 1 fully saturated rings. The maximum Gasteiger partial charge on any atom is 0.164 e. The Kier molecular flexibility index (Phi) is 3.52. The smallest absolute Gasteiger partial charge is 0.164 e. The molecular weight excluding hydrogens is 164 g/mol. The molecule has 2 heteroatoms. The lowest BCUT2D eigenvalue weighted by atomic mass is 9.63. The van der Waals surface area contributed by atoms with Crippen molar-refractivity contribution in [2.75, 3.05) is 0 Å². The van der Waals surface area contributed by atoms with Gasteiger partial charge in [0.15, 0.2) is 5.78 Å². The predicted octanol–water partition coefficient (Wildman–Crippen LogP) is 2.99. The summed E-state index contributed by atoms with van der Waals surface area (Å²) in [7, 11) is 0. The van der Waals surface area contributed by atoms with Crippen LogP contribution in [0.25, 0.3) is 0 Å². The molecule has 0 amide bonds. The minimum absolute atomic E-state index is 0.102. The summed E-state index contributed by atoms with van der Waals surface area (Å²) in [6, 6.07) is 0. The van der Waals surface area contributed by atoms with Crippen molar-refractivity contribution >= 4 is 5.78 Å². The van der Waals surface area contributed by atoms with Gasteiger partial charge in [0.25, 0.3) is 0 Å². The summed E-state index contributed by atoms with van der Waals surface area (Å²) in [6.45, 7) is 2.14. The van der Waals surface area contributed by atoms with Crippen LogP contribution in [-0.4, -0.2) is 10.9 Å². The molecule has 1 saturated carbocycles. The number of hydrogen-bond acceptors (Lipinski definition) is 2. The lowest BCUT2D eigenvalue weighted by Gasteiger charge is -2.39. The highest BCUT2D eigenvalue weighted by Gasteiger charge is 2.41. The van der Waals surface area contributed by atoms with Crippen molar-refractivity contribution in [2.24, 2.45) is 5.41 Å². The number of carbonyl (C=O) groups excluding carboxylic acids is 1. The van der Waals surface area contributed by atoms with Crippen molar-refractivity contribution in [1.29, 1.82) is 0 Å². The van der Waals surface area contributed by atoms with Crippen molar-refractivity contribution in [2.45, 2.75) is 45.4 Å². The van der Waals surface area contributed by atoms with Crippen molar-refractivity contribution in [3.05, 3.63) is 12.3 Å². The monoisotopic (exact) mass is 182 g/mol. The van der Waals surface area contributed by atoms with Crippen LogP contribution < -0.4 is 0 Å². The SMILES string of the molecule is CCCCC1(C(=O)/C=C/O)CCC1. The van der Waals surface area contributed by atoms with Crippen LogP contribution in [0.1, 0.15) is 45.4 Å². The van der Waals surface area contributed by atoms with Crippen LogP contribution in [0.2, 0.25) is 0 Å². The Labute approximate surface area is 79.6 Å². The van der Waals surface area contributed by atoms with Gasteiger partial charge < -0.3 is 5.11 Å². The Morgan fingerprint density at radius 3 is 2.62 bits per heavy atom.